The Kier molecular flexibility index (Phi) is 5.82. The third-order valence-corrected chi connectivity index (χ3v) is 5.68. The van der Waals surface area contributed by atoms with Crippen LogP contribution in [0.1, 0.15) is 63.7 Å². The van der Waals surface area contributed by atoms with Gasteiger partial charge >= 0.3 is 0 Å². The number of halogens is 1. The normalized spacial score (nSPS) is 26.4. The zero-order valence-corrected chi connectivity index (χ0v) is 16.2. The number of nitrogens with zero attached hydrogens (tertiary/aromatic N) is 4. The Morgan fingerprint density at radius 3 is 2.65 bits per heavy atom. The zero-order valence-electron chi connectivity index (χ0n) is 15.4. The van der Waals surface area contributed by atoms with Crippen LogP contribution in [-0.2, 0) is 0 Å². The Morgan fingerprint density at radius 1 is 1.15 bits per heavy atom. The van der Waals surface area contributed by atoms with Gasteiger partial charge in [-0.2, -0.15) is 4.98 Å². The fourth-order valence-corrected chi connectivity index (χ4v) is 4.09. The highest BCUT2D eigenvalue weighted by atomic mass is 35.5. The van der Waals surface area contributed by atoms with E-state index in [1.54, 1.807) is 0 Å². The van der Waals surface area contributed by atoms with Gasteiger partial charge in [0.05, 0.1) is 5.92 Å². The molecule has 2 aromatic rings. The Labute approximate surface area is 161 Å². The van der Waals surface area contributed by atoms with E-state index in [4.69, 9.17) is 10.3 Å². The number of anilines is 1. The molecule has 7 heteroatoms. The fourth-order valence-electron chi connectivity index (χ4n) is 4.09. The Bertz CT molecular complexity index is 709. The maximum atomic E-state index is 6.46. The molecular weight excluding hydrogens is 350 g/mol. The van der Waals surface area contributed by atoms with Crippen LogP contribution in [0.5, 0.6) is 0 Å². The third kappa shape index (κ3) is 3.86. The predicted molar refractivity (Wildman–Crippen MR) is 105 cm³/mol. The molecule has 2 aliphatic rings. The second-order valence-corrected chi connectivity index (χ2v) is 7.71. The molecule has 1 saturated heterocycles. The van der Waals surface area contributed by atoms with Gasteiger partial charge in [0, 0.05) is 30.4 Å². The lowest BCUT2D eigenvalue weighted by molar-refractivity contribution is 0.223. The molecule has 26 heavy (non-hydrogen) atoms. The molecular formula is C19H28ClN5O. The van der Waals surface area contributed by atoms with Gasteiger partial charge in [0.1, 0.15) is 5.82 Å². The van der Waals surface area contributed by atoms with E-state index in [1.165, 1.54) is 32.1 Å². The molecule has 0 bridgehead atoms. The van der Waals surface area contributed by atoms with Crippen LogP contribution in [0.4, 0.5) is 5.82 Å². The van der Waals surface area contributed by atoms with Crippen LogP contribution in [-0.4, -0.2) is 33.8 Å². The summed E-state index contributed by atoms with van der Waals surface area (Å²) in [6.07, 6.45) is 10.0. The highest BCUT2D eigenvalue weighted by molar-refractivity contribution is 5.85. The van der Waals surface area contributed by atoms with Crippen LogP contribution in [0.3, 0.4) is 0 Å². The number of nitrogens with two attached hydrogens (primary N) is 1. The lowest BCUT2D eigenvalue weighted by Gasteiger charge is -2.35. The van der Waals surface area contributed by atoms with Gasteiger partial charge in [0.15, 0.2) is 0 Å². The molecule has 0 aromatic carbocycles. The van der Waals surface area contributed by atoms with E-state index in [0.717, 1.165) is 37.3 Å². The summed E-state index contributed by atoms with van der Waals surface area (Å²) in [5, 5.41) is 4.17. The maximum absolute atomic E-state index is 6.46. The van der Waals surface area contributed by atoms with Crippen LogP contribution in [0.15, 0.2) is 22.9 Å². The van der Waals surface area contributed by atoms with E-state index >= 15 is 0 Å². The molecule has 6 nitrogen and oxygen atoms in total. The van der Waals surface area contributed by atoms with Gasteiger partial charge in [0.25, 0.3) is 0 Å². The van der Waals surface area contributed by atoms with Crippen molar-refractivity contribution in [2.75, 3.05) is 18.0 Å². The van der Waals surface area contributed by atoms with Crippen molar-refractivity contribution in [1.82, 2.24) is 15.1 Å². The quantitative estimate of drug-likeness (QED) is 0.873. The second kappa shape index (κ2) is 7.92. The number of hydrogen-bond acceptors (Lipinski definition) is 6. The van der Waals surface area contributed by atoms with E-state index < -0.39 is 0 Å². The van der Waals surface area contributed by atoms with Gasteiger partial charge in [0.2, 0.25) is 11.7 Å². The SMILES string of the molecule is CC1(N)CCCCC1c1nc(-c2ccc(N3CCCCC3)nc2)no1.Cl. The first-order valence-electron chi connectivity index (χ1n) is 9.47. The summed E-state index contributed by atoms with van der Waals surface area (Å²) in [5.74, 6) is 2.45. The molecule has 3 heterocycles. The number of piperidine rings is 1. The average Bonchev–Trinajstić information content (AvgIpc) is 3.12. The van der Waals surface area contributed by atoms with Crippen molar-refractivity contribution in [3.8, 4) is 11.4 Å². The first-order chi connectivity index (χ1) is 12.1. The van der Waals surface area contributed by atoms with Crippen LogP contribution in [0.25, 0.3) is 11.4 Å². The second-order valence-electron chi connectivity index (χ2n) is 7.71. The number of pyridine rings is 1. The molecule has 1 saturated carbocycles. The lowest BCUT2D eigenvalue weighted by Crippen LogP contribution is -2.44. The number of aromatic nitrogens is 3. The van der Waals surface area contributed by atoms with E-state index in [0.29, 0.717) is 11.7 Å². The minimum Gasteiger partial charge on any atom is -0.357 e. The van der Waals surface area contributed by atoms with Crippen LogP contribution >= 0.6 is 12.4 Å². The van der Waals surface area contributed by atoms with Crippen molar-refractivity contribution in [3.63, 3.8) is 0 Å². The van der Waals surface area contributed by atoms with Crippen molar-refractivity contribution >= 4 is 18.2 Å². The van der Waals surface area contributed by atoms with Crippen LogP contribution in [0, 0.1) is 0 Å². The van der Waals surface area contributed by atoms with Gasteiger partial charge in [-0.3, -0.25) is 0 Å². The molecule has 142 valence electrons. The standard InChI is InChI=1S/C19H27N5O.ClH/c1-19(20)10-4-3-7-15(19)18-22-17(23-25-18)14-8-9-16(21-13-14)24-11-5-2-6-12-24;/h8-9,13,15H,2-7,10-12,20H2,1H3;1H. The number of hydrogen-bond donors (Lipinski definition) is 1. The third-order valence-electron chi connectivity index (χ3n) is 5.68. The molecule has 2 atom stereocenters. The van der Waals surface area contributed by atoms with Crippen LogP contribution in [0.2, 0.25) is 0 Å². The average molecular weight is 378 g/mol. The zero-order chi connectivity index (χ0) is 17.3. The summed E-state index contributed by atoms with van der Waals surface area (Å²) in [5.41, 5.74) is 7.09. The van der Waals surface area contributed by atoms with Gasteiger partial charge in [-0.05, 0) is 51.2 Å². The highest BCUT2D eigenvalue weighted by Gasteiger charge is 2.37. The molecule has 0 spiro atoms. The Hall–Kier alpha value is -1.66. The minimum absolute atomic E-state index is 0. The lowest BCUT2D eigenvalue weighted by atomic mass is 9.74. The van der Waals surface area contributed by atoms with Crippen molar-refractivity contribution < 1.29 is 4.52 Å². The van der Waals surface area contributed by atoms with Gasteiger partial charge in [-0.25, -0.2) is 4.98 Å². The van der Waals surface area contributed by atoms with Crippen molar-refractivity contribution in [2.45, 2.75) is 63.3 Å². The Morgan fingerprint density at radius 2 is 1.96 bits per heavy atom. The molecule has 2 fully saturated rings. The first-order valence-corrected chi connectivity index (χ1v) is 9.47. The molecule has 2 aromatic heterocycles. The molecule has 2 N–H and O–H groups in total. The molecule has 4 rings (SSSR count). The van der Waals surface area contributed by atoms with Crippen molar-refractivity contribution in [3.05, 3.63) is 24.2 Å². The van der Waals surface area contributed by atoms with E-state index in [-0.39, 0.29) is 23.9 Å². The summed E-state index contributed by atoms with van der Waals surface area (Å²) in [6, 6.07) is 4.10. The summed E-state index contributed by atoms with van der Waals surface area (Å²) in [6.45, 7) is 4.28. The molecule has 0 amide bonds. The maximum Gasteiger partial charge on any atom is 0.231 e. The van der Waals surface area contributed by atoms with Crippen molar-refractivity contribution in [2.24, 2.45) is 5.73 Å². The van der Waals surface area contributed by atoms with Gasteiger partial charge < -0.3 is 15.2 Å². The summed E-state index contributed by atoms with van der Waals surface area (Å²) in [4.78, 5) is 11.6. The first kappa shape index (κ1) is 19.1. The number of rotatable bonds is 3. The van der Waals surface area contributed by atoms with Crippen molar-refractivity contribution in [1.29, 1.82) is 0 Å². The summed E-state index contributed by atoms with van der Waals surface area (Å²) >= 11 is 0. The van der Waals surface area contributed by atoms with Crippen LogP contribution < -0.4 is 10.6 Å². The molecule has 1 aliphatic carbocycles. The minimum atomic E-state index is -0.265. The largest absolute Gasteiger partial charge is 0.357 e. The molecule has 2 unspecified atom stereocenters. The summed E-state index contributed by atoms with van der Waals surface area (Å²) < 4.78 is 5.56. The molecule has 1 aliphatic heterocycles. The summed E-state index contributed by atoms with van der Waals surface area (Å²) in [7, 11) is 0. The molecule has 0 radical (unpaired) electrons. The van der Waals surface area contributed by atoms with E-state index in [1.807, 2.05) is 12.3 Å². The monoisotopic (exact) mass is 377 g/mol. The van der Waals surface area contributed by atoms with E-state index in [9.17, 15) is 0 Å². The smallest absolute Gasteiger partial charge is 0.231 e. The fraction of sp³-hybridized carbons (Fsp3) is 0.632. The van der Waals surface area contributed by atoms with E-state index in [2.05, 4.69) is 33.0 Å². The Balaban J connectivity index is 0.00000196. The highest BCUT2D eigenvalue weighted by Crippen LogP contribution is 2.38. The van der Waals surface area contributed by atoms with Gasteiger partial charge in [-0.15, -0.1) is 12.4 Å². The van der Waals surface area contributed by atoms with Gasteiger partial charge in [-0.1, -0.05) is 18.0 Å². The predicted octanol–water partition coefficient (Wildman–Crippen LogP) is 3.92. The topological polar surface area (TPSA) is 81.1 Å².